The van der Waals surface area contributed by atoms with Crippen LogP contribution in [0.1, 0.15) is 20.8 Å². The molecule has 0 spiro atoms. The highest BCUT2D eigenvalue weighted by atomic mass is 35.5. The summed E-state index contributed by atoms with van der Waals surface area (Å²) in [7, 11) is 0. The highest BCUT2D eigenvalue weighted by Gasteiger charge is 2.16. The number of aryl methyl sites for hydroxylation is 1. The molecule has 1 heterocycles. The van der Waals surface area contributed by atoms with Gasteiger partial charge in [-0.3, -0.25) is 4.79 Å². The Labute approximate surface area is 149 Å². The van der Waals surface area contributed by atoms with Crippen molar-refractivity contribution in [2.24, 2.45) is 0 Å². The van der Waals surface area contributed by atoms with Gasteiger partial charge in [0.15, 0.2) is 0 Å². The number of benzene rings is 2. The van der Waals surface area contributed by atoms with Gasteiger partial charge in [-0.25, -0.2) is 0 Å². The second-order valence-corrected chi connectivity index (χ2v) is 7.25. The third-order valence-corrected chi connectivity index (χ3v) is 5.47. The van der Waals surface area contributed by atoms with Gasteiger partial charge in [-0.05, 0) is 42.7 Å². The van der Waals surface area contributed by atoms with Crippen LogP contribution in [0.25, 0.3) is 10.1 Å². The molecule has 0 aliphatic rings. The minimum Gasteiger partial charge on any atom is -0.351 e. The molecular weight excluding hydrogens is 349 g/mol. The first-order valence-electron chi connectivity index (χ1n) is 7.26. The lowest BCUT2D eigenvalue weighted by molar-refractivity contribution is 0.0958. The number of hydrogen-bond acceptors (Lipinski definition) is 2. The van der Waals surface area contributed by atoms with Crippen molar-refractivity contribution in [3.8, 4) is 0 Å². The van der Waals surface area contributed by atoms with Crippen molar-refractivity contribution in [2.45, 2.75) is 13.3 Å². The highest BCUT2D eigenvalue weighted by molar-refractivity contribution is 7.21. The molecule has 0 radical (unpaired) electrons. The van der Waals surface area contributed by atoms with Crippen LogP contribution in [0.4, 0.5) is 0 Å². The number of nitrogens with one attached hydrogen (secondary N) is 1. The van der Waals surface area contributed by atoms with E-state index in [0.29, 0.717) is 21.5 Å². The van der Waals surface area contributed by atoms with Gasteiger partial charge in [-0.2, -0.15) is 0 Å². The van der Waals surface area contributed by atoms with Crippen molar-refractivity contribution in [3.05, 3.63) is 68.5 Å². The fraction of sp³-hybridized carbons (Fsp3) is 0.167. The number of carbonyl (C=O) groups is 1. The van der Waals surface area contributed by atoms with E-state index in [2.05, 4.69) is 11.4 Å². The normalized spacial score (nSPS) is 10.9. The zero-order chi connectivity index (χ0) is 16.4. The van der Waals surface area contributed by atoms with Crippen molar-refractivity contribution < 1.29 is 4.79 Å². The van der Waals surface area contributed by atoms with E-state index in [0.717, 1.165) is 27.6 Å². The quantitative estimate of drug-likeness (QED) is 0.652. The fourth-order valence-corrected chi connectivity index (χ4v) is 4.16. The number of rotatable bonds is 4. The SMILES string of the molecule is Cc1ccc2c(Cl)c(C(=O)NCCc3cccc(Cl)c3)sc2c1. The van der Waals surface area contributed by atoms with Crippen LogP contribution in [-0.4, -0.2) is 12.5 Å². The summed E-state index contributed by atoms with van der Waals surface area (Å²) in [4.78, 5) is 12.9. The average molecular weight is 364 g/mol. The number of halogens is 2. The zero-order valence-electron chi connectivity index (χ0n) is 12.5. The van der Waals surface area contributed by atoms with Crippen LogP contribution in [0.3, 0.4) is 0 Å². The Morgan fingerprint density at radius 2 is 2.00 bits per heavy atom. The van der Waals surface area contributed by atoms with Crippen molar-refractivity contribution in [3.63, 3.8) is 0 Å². The monoisotopic (exact) mass is 363 g/mol. The topological polar surface area (TPSA) is 29.1 Å². The standard InChI is InChI=1S/C18H15Cl2NOS/c1-11-5-6-14-15(9-11)23-17(16(14)20)18(22)21-8-7-12-3-2-4-13(19)10-12/h2-6,9-10H,7-8H2,1H3,(H,21,22). The van der Waals surface area contributed by atoms with Crippen molar-refractivity contribution in [2.75, 3.05) is 6.54 Å². The third-order valence-electron chi connectivity index (χ3n) is 3.58. The van der Waals surface area contributed by atoms with Crippen LogP contribution in [0, 0.1) is 6.92 Å². The van der Waals surface area contributed by atoms with Crippen LogP contribution < -0.4 is 5.32 Å². The molecule has 2 aromatic carbocycles. The Kier molecular flexibility index (Phi) is 4.90. The highest BCUT2D eigenvalue weighted by Crippen LogP contribution is 2.35. The summed E-state index contributed by atoms with van der Waals surface area (Å²) in [5.74, 6) is -0.129. The lowest BCUT2D eigenvalue weighted by Crippen LogP contribution is -2.25. The van der Waals surface area contributed by atoms with E-state index in [1.165, 1.54) is 11.3 Å². The van der Waals surface area contributed by atoms with E-state index in [1.807, 2.05) is 43.3 Å². The molecule has 1 amide bonds. The van der Waals surface area contributed by atoms with E-state index in [1.54, 1.807) is 0 Å². The molecule has 0 fully saturated rings. The first-order valence-corrected chi connectivity index (χ1v) is 8.83. The van der Waals surface area contributed by atoms with Gasteiger partial charge in [-0.1, -0.05) is 47.5 Å². The Bertz CT molecular complexity index is 873. The molecule has 0 aliphatic heterocycles. The molecule has 0 saturated heterocycles. The summed E-state index contributed by atoms with van der Waals surface area (Å²) in [6.45, 7) is 2.57. The van der Waals surface area contributed by atoms with Crippen molar-refractivity contribution in [1.29, 1.82) is 0 Å². The number of thiophene rings is 1. The van der Waals surface area contributed by atoms with E-state index in [9.17, 15) is 4.79 Å². The molecule has 0 aliphatic carbocycles. The maximum Gasteiger partial charge on any atom is 0.262 e. The molecular formula is C18H15Cl2NOS. The Morgan fingerprint density at radius 1 is 1.17 bits per heavy atom. The van der Waals surface area contributed by atoms with Gasteiger partial charge in [-0.15, -0.1) is 11.3 Å². The summed E-state index contributed by atoms with van der Waals surface area (Å²) in [5.41, 5.74) is 2.25. The minimum absolute atomic E-state index is 0.129. The van der Waals surface area contributed by atoms with Gasteiger partial charge in [0, 0.05) is 21.7 Å². The lowest BCUT2D eigenvalue weighted by atomic mass is 10.1. The van der Waals surface area contributed by atoms with Crippen LogP contribution in [-0.2, 0) is 6.42 Å². The Balaban J connectivity index is 1.70. The first-order chi connectivity index (χ1) is 11.0. The molecule has 5 heteroatoms. The molecule has 1 aromatic heterocycles. The summed E-state index contributed by atoms with van der Waals surface area (Å²) in [6.07, 6.45) is 0.730. The second-order valence-electron chi connectivity index (χ2n) is 5.38. The molecule has 0 atom stereocenters. The first kappa shape index (κ1) is 16.3. The van der Waals surface area contributed by atoms with Gasteiger partial charge in [0.25, 0.3) is 5.91 Å². The van der Waals surface area contributed by atoms with E-state index < -0.39 is 0 Å². The van der Waals surface area contributed by atoms with Crippen LogP contribution in [0.15, 0.2) is 42.5 Å². The molecule has 0 saturated carbocycles. The maximum absolute atomic E-state index is 12.4. The fourth-order valence-electron chi connectivity index (χ4n) is 2.41. The minimum atomic E-state index is -0.129. The number of fused-ring (bicyclic) bond motifs is 1. The van der Waals surface area contributed by atoms with Crippen molar-refractivity contribution >= 4 is 50.5 Å². The second kappa shape index (κ2) is 6.91. The summed E-state index contributed by atoms with van der Waals surface area (Å²) >= 11 is 13.7. The smallest absolute Gasteiger partial charge is 0.262 e. The summed E-state index contributed by atoms with van der Waals surface area (Å²) in [6, 6.07) is 13.7. The van der Waals surface area contributed by atoms with Gasteiger partial charge in [0.2, 0.25) is 0 Å². The van der Waals surface area contributed by atoms with Crippen molar-refractivity contribution in [1.82, 2.24) is 5.32 Å². The molecule has 3 aromatic rings. The molecule has 1 N–H and O–H groups in total. The lowest BCUT2D eigenvalue weighted by Gasteiger charge is -2.04. The van der Waals surface area contributed by atoms with E-state index in [4.69, 9.17) is 23.2 Å². The molecule has 118 valence electrons. The summed E-state index contributed by atoms with van der Waals surface area (Å²) < 4.78 is 1.04. The van der Waals surface area contributed by atoms with Gasteiger partial charge < -0.3 is 5.32 Å². The van der Waals surface area contributed by atoms with Gasteiger partial charge >= 0.3 is 0 Å². The largest absolute Gasteiger partial charge is 0.351 e. The average Bonchev–Trinajstić information content (AvgIpc) is 2.83. The molecule has 3 rings (SSSR count). The number of amides is 1. The molecule has 0 unspecified atom stereocenters. The Hall–Kier alpha value is -1.55. The van der Waals surface area contributed by atoms with Crippen LogP contribution in [0.2, 0.25) is 10.0 Å². The molecule has 23 heavy (non-hydrogen) atoms. The molecule has 0 bridgehead atoms. The van der Waals surface area contributed by atoms with E-state index >= 15 is 0 Å². The van der Waals surface area contributed by atoms with Gasteiger partial charge in [0.1, 0.15) is 4.88 Å². The summed E-state index contributed by atoms with van der Waals surface area (Å²) in [5, 5.41) is 5.10. The van der Waals surface area contributed by atoms with Gasteiger partial charge in [0.05, 0.1) is 5.02 Å². The predicted molar refractivity (Wildman–Crippen MR) is 99.1 cm³/mol. The predicted octanol–water partition coefficient (Wildman–Crippen LogP) is 5.49. The van der Waals surface area contributed by atoms with Crippen LogP contribution in [0.5, 0.6) is 0 Å². The van der Waals surface area contributed by atoms with Crippen LogP contribution >= 0.6 is 34.5 Å². The maximum atomic E-state index is 12.4. The molecule has 2 nitrogen and oxygen atoms in total. The van der Waals surface area contributed by atoms with E-state index in [-0.39, 0.29) is 5.91 Å². The zero-order valence-corrected chi connectivity index (χ0v) is 14.9. The third kappa shape index (κ3) is 3.69. The number of hydrogen-bond donors (Lipinski definition) is 1. The number of carbonyl (C=O) groups excluding carboxylic acids is 1. The Morgan fingerprint density at radius 3 is 2.78 bits per heavy atom.